The fraction of sp³-hybridized carbons (Fsp3) is 0.625. The molecule has 1 aliphatic rings. The van der Waals surface area contributed by atoms with Gasteiger partial charge in [-0.05, 0) is 44.1 Å². The molecule has 0 unspecified atom stereocenters. The van der Waals surface area contributed by atoms with Crippen LogP contribution in [0.4, 0.5) is 0 Å². The highest BCUT2D eigenvalue weighted by Gasteiger charge is 2.34. The second-order valence-corrected chi connectivity index (χ2v) is 5.63. The third-order valence-electron chi connectivity index (χ3n) is 4.22. The maximum absolute atomic E-state index is 10.7. The average molecular weight is 232 g/mol. The maximum Gasteiger partial charge on any atom is 0.0896 e. The average Bonchev–Trinajstić information content (AvgIpc) is 2.33. The summed E-state index contributed by atoms with van der Waals surface area (Å²) in [6, 6.07) is 8.39. The Morgan fingerprint density at radius 3 is 2.29 bits per heavy atom. The standard InChI is InChI=1S/C16H24O/c1-3-4-14-9-11-16(17,12-10-14)15-7-5-13(2)6-8-15/h5-8,14,17H,3-4,9-12H2,1-2H3. The smallest absolute Gasteiger partial charge is 0.0896 e. The van der Waals surface area contributed by atoms with Crippen molar-refractivity contribution in [1.82, 2.24) is 0 Å². The molecule has 2 rings (SSSR count). The first kappa shape index (κ1) is 12.6. The lowest BCUT2D eigenvalue weighted by Gasteiger charge is -2.36. The second kappa shape index (κ2) is 5.22. The lowest BCUT2D eigenvalue weighted by Crippen LogP contribution is -2.31. The van der Waals surface area contributed by atoms with Crippen LogP contribution in [0.1, 0.15) is 56.6 Å². The minimum absolute atomic E-state index is 0.558. The van der Waals surface area contributed by atoms with Gasteiger partial charge in [-0.2, -0.15) is 0 Å². The fourth-order valence-electron chi connectivity index (χ4n) is 3.00. The normalized spacial score (nSPS) is 29.2. The molecule has 1 heteroatoms. The van der Waals surface area contributed by atoms with Gasteiger partial charge in [-0.1, -0.05) is 49.6 Å². The first-order valence-electron chi connectivity index (χ1n) is 6.93. The van der Waals surface area contributed by atoms with Crippen LogP contribution in [0.15, 0.2) is 24.3 Å². The Hall–Kier alpha value is -0.820. The van der Waals surface area contributed by atoms with E-state index in [0.717, 1.165) is 24.3 Å². The number of benzene rings is 1. The van der Waals surface area contributed by atoms with E-state index in [4.69, 9.17) is 0 Å². The van der Waals surface area contributed by atoms with E-state index in [1.165, 1.54) is 31.2 Å². The molecule has 1 nitrogen and oxygen atoms in total. The third-order valence-corrected chi connectivity index (χ3v) is 4.22. The highest BCUT2D eigenvalue weighted by molar-refractivity contribution is 5.26. The van der Waals surface area contributed by atoms with Gasteiger partial charge in [-0.3, -0.25) is 0 Å². The summed E-state index contributed by atoms with van der Waals surface area (Å²) in [7, 11) is 0. The quantitative estimate of drug-likeness (QED) is 0.829. The van der Waals surface area contributed by atoms with Crippen LogP contribution in [0.2, 0.25) is 0 Å². The highest BCUT2D eigenvalue weighted by Crippen LogP contribution is 2.40. The summed E-state index contributed by atoms with van der Waals surface area (Å²) in [4.78, 5) is 0. The lowest BCUT2D eigenvalue weighted by atomic mass is 9.74. The Morgan fingerprint density at radius 2 is 1.76 bits per heavy atom. The van der Waals surface area contributed by atoms with E-state index in [1.807, 2.05) is 0 Å². The minimum Gasteiger partial charge on any atom is -0.385 e. The molecule has 0 aliphatic heterocycles. The Labute approximate surface area is 105 Å². The molecule has 0 radical (unpaired) electrons. The van der Waals surface area contributed by atoms with Crippen LogP contribution in [0.25, 0.3) is 0 Å². The zero-order valence-corrected chi connectivity index (χ0v) is 11.1. The first-order chi connectivity index (χ1) is 8.14. The Balaban J connectivity index is 2.04. The Bertz CT molecular complexity index is 344. The van der Waals surface area contributed by atoms with Gasteiger partial charge in [0.05, 0.1) is 5.60 Å². The molecule has 1 aromatic carbocycles. The van der Waals surface area contributed by atoms with Crippen LogP contribution in [-0.2, 0) is 5.60 Å². The number of rotatable bonds is 3. The summed E-state index contributed by atoms with van der Waals surface area (Å²) < 4.78 is 0. The third kappa shape index (κ3) is 2.90. The van der Waals surface area contributed by atoms with E-state index in [9.17, 15) is 5.11 Å². The summed E-state index contributed by atoms with van der Waals surface area (Å²) in [5.74, 6) is 0.839. The van der Waals surface area contributed by atoms with E-state index < -0.39 is 5.60 Å². The molecule has 0 spiro atoms. The molecule has 94 valence electrons. The summed E-state index contributed by atoms with van der Waals surface area (Å²) in [6.45, 7) is 4.34. The monoisotopic (exact) mass is 232 g/mol. The van der Waals surface area contributed by atoms with Gasteiger partial charge in [0.25, 0.3) is 0 Å². The Morgan fingerprint density at radius 1 is 1.18 bits per heavy atom. The number of aliphatic hydroxyl groups is 1. The molecule has 0 atom stereocenters. The second-order valence-electron chi connectivity index (χ2n) is 5.63. The highest BCUT2D eigenvalue weighted by atomic mass is 16.3. The molecule has 1 aromatic rings. The first-order valence-corrected chi connectivity index (χ1v) is 6.93. The number of hydrogen-bond acceptors (Lipinski definition) is 1. The number of hydrogen-bond donors (Lipinski definition) is 1. The summed E-state index contributed by atoms with van der Waals surface area (Å²) in [5.41, 5.74) is 1.81. The van der Waals surface area contributed by atoms with Gasteiger partial charge in [-0.15, -0.1) is 0 Å². The Kier molecular flexibility index (Phi) is 3.88. The van der Waals surface area contributed by atoms with Crippen molar-refractivity contribution in [2.45, 2.75) is 58.0 Å². The summed E-state index contributed by atoms with van der Waals surface area (Å²) >= 11 is 0. The van der Waals surface area contributed by atoms with Crippen LogP contribution in [0, 0.1) is 12.8 Å². The molecule has 1 saturated carbocycles. The van der Waals surface area contributed by atoms with Crippen molar-refractivity contribution in [1.29, 1.82) is 0 Å². The molecule has 0 heterocycles. The van der Waals surface area contributed by atoms with E-state index >= 15 is 0 Å². The molecule has 1 N–H and O–H groups in total. The lowest BCUT2D eigenvalue weighted by molar-refractivity contribution is -0.0152. The molecule has 0 amide bonds. The van der Waals surface area contributed by atoms with Gasteiger partial charge < -0.3 is 5.11 Å². The van der Waals surface area contributed by atoms with Crippen molar-refractivity contribution < 1.29 is 5.11 Å². The van der Waals surface area contributed by atoms with Gasteiger partial charge in [-0.25, -0.2) is 0 Å². The van der Waals surface area contributed by atoms with E-state index in [-0.39, 0.29) is 0 Å². The minimum atomic E-state index is -0.558. The molecule has 0 aromatic heterocycles. The van der Waals surface area contributed by atoms with Crippen LogP contribution in [0.5, 0.6) is 0 Å². The van der Waals surface area contributed by atoms with Gasteiger partial charge in [0.2, 0.25) is 0 Å². The summed E-state index contributed by atoms with van der Waals surface area (Å²) in [5, 5.41) is 10.7. The van der Waals surface area contributed by atoms with Crippen molar-refractivity contribution in [3.8, 4) is 0 Å². The topological polar surface area (TPSA) is 20.2 Å². The molecule has 1 aliphatic carbocycles. The molecule has 1 fully saturated rings. The van der Waals surface area contributed by atoms with Gasteiger partial charge in [0.1, 0.15) is 0 Å². The van der Waals surface area contributed by atoms with E-state index in [2.05, 4.69) is 38.1 Å². The van der Waals surface area contributed by atoms with Crippen LogP contribution >= 0.6 is 0 Å². The maximum atomic E-state index is 10.7. The van der Waals surface area contributed by atoms with Crippen LogP contribution in [0.3, 0.4) is 0 Å². The van der Waals surface area contributed by atoms with Gasteiger partial charge in [0.15, 0.2) is 0 Å². The van der Waals surface area contributed by atoms with Crippen LogP contribution < -0.4 is 0 Å². The zero-order chi connectivity index (χ0) is 12.3. The molecular formula is C16H24O. The number of aryl methyl sites for hydroxylation is 1. The fourth-order valence-corrected chi connectivity index (χ4v) is 3.00. The SMILES string of the molecule is CCCC1CCC(O)(c2ccc(C)cc2)CC1. The van der Waals surface area contributed by atoms with Gasteiger partial charge >= 0.3 is 0 Å². The largest absolute Gasteiger partial charge is 0.385 e. The van der Waals surface area contributed by atoms with E-state index in [0.29, 0.717) is 0 Å². The zero-order valence-electron chi connectivity index (χ0n) is 11.1. The van der Waals surface area contributed by atoms with Crippen molar-refractivity contribution in [2.24, 2.45) is 5.92 Å². The molecular weight excluding hydrogens is 208 g/mol. The van der Waals surface area contributed by atoms with Crippen molar-refractivity contribution >= 4 is 0 Å². The van der Waals surface area contributed by atoms with Gasteiger partial charge in [0, 0.05) is 0 Å². The predicted octanol–water partition coefficient (Wildman–Crippen LogP) is 4.17. The predicted molar refractivity (Wildman–Crippen MR) is 71.9 cm³/mol. The van der Waals surface area contributed by atoms with Crippen molar-refractivity contribution in [3.05, 3.63) is 35.4 Å². The van der Waals surface area contributed by atoms with Crippen molar-refractivity contribution in [3.63, 3.8) is 0 Å². The molecule has 0 saturated heterocycles. The van der Waals surface area contributed by atoms with Crippen LogP contribution in [-0.4, -0.2) is 5.11 Å². The summed E-state index contributed by atoms with van der Waals surface area (Å²) in [6.07, 6.45) is 6.81. The van der Waals surface area contributed by atoms with Crippen molar-refractivity contribution in [2.75, 3.05) is 0 Å². The molecule has 0 bridgehead atoms. The molecule has 17 heavy (non-hydrogen) atoms. The van der Waals surface area contributed by atoms with E-state index in [1.54, 1.807) is 0 Å².